The van der Waals surface area contributed by atoms with E-state index >= 15 is 0 Å². The Balaban J connectivity index is 1.56. The fourth-order valence-electron chi connectivity index (χ4n) is 4.18. The first-order chi connectivity index (χ1) is 13.2. The molecular formula is C25H24F2. The van der Waals surface area contributed by atoms with Crippen molar-refractivity contribution in [3.63, 3.8) is 0 Å². The summed E-state index contributed by atoms with van der Waals surface area (Å²) in [5.74, 6) is -1.03. The summed E-state index contributed by atoms with van der Waals surface area (Å²) in [5.41, 5.74) is 6.49. The topological polar surface area (TPSA) is 0 Å². The molecule has 0 aliphatic heterocycles. The zero-order valence-corrected chi connectivity index (χ0v) is 15.6. The molecule has 0 aromatic heterocycles. The van der Waals surface area contributed by atoms with E-state index in [4.69, 9.17) is 0 Å². The molecule has 0 spiro atoms. The quantitative estimate of drug-likeness (QED) is 0.476. The summed E-state index contributed by atoms with van der Waals surface area (Å²) in [5, 5.41) is 0. The lowest BCUT2D eigenvalue weighted by Gasteiger charge is -2.26. The van der Waals surface area contributed by atoms with Crippen molar-refractivity contribution in [2.75, 3.05) is 0 Å². The minimum absolute atomic E-state index is 0.339. The molecule has 3 aromatic carbocycles. The van der Waals surface area contributed by atoms with Gasteiger partial charge in [0, 0.05) is 5.56 Å². The van der Waals surface area contributed by atoms with Gasteiger partial charge in [-0.1, -0.05) is 67.9 Å². The van der Waals surface area contributed by atoms with E-state index in [1.807, 2.05) is 12.1 Å². The van der Waals surface area contributed by atoms with Gasteiger partial charge in [-0.2, -0.15) is 0 Å². The Morgan fingerprint density at radius 2 is 1.74 bits per heavy atom. The van der Waals surface area contributed by atoms with Crippen molar-refractivity contribution < 1.29 is 8.78 Å². The predicted molar refractivity (Wildman–Crippen MR) is 107 cm³/mol. The van der Waals surface area contributed by atoms with Crippen LogP contribution in [0.4, 0.5) is 8.78 Å². The summed E-state index contributed by atoms with van der Waals surface area (Å²) in [6.45, 7) is 2.20. The highest BCUT2D eigenvalue weighted by molar-refractivity contribution is 5.66. The average molecular weight is 362 g/mol. The van der Waals surface area contributed by atoms with Crippen molar-refractivity contribution in [2.45, 2.75) is 44.9 Å². The third-order valence-corrected chi connectivity index (χ3v) is 5.69. The van der Waals surface area contributed by atoms with Gasteiger partial charge in [-0.15, -0.1) is 0 Å². The number of rotatable bonds is 4. The second kappa shape index (κ2) is 7.64. The summed E-state index contributed by atoms with van der Waals surface area (Å²) in [7, 11) is 0. The fourth-order valence-corrected chi connectivity index (χ4v) is 4.18. The second-order valence-electron chi connectivity index (χ2n) is 7.52. The normalized spacial score (nSPS) is 16.2. The van der Waals surface area contributed by atoms with Crippen LogP contribution in [-0.4, -0.2) is 0 Å². The number of halogens is 2. The van der Waals surface area contributed by atoms with Gasteiger partial charge in [-0.05, 0) is 65.5 Å². The van der Waals surface area contributed by atoms with Gasteiger partial charge in [0.2, 0.25) is 0 Å². The molecule has 1 aliphatic carbocycles. The maximum Gasteiger partial charge on any atom is 0.166 e. The lowest BCUT2D eigenvalue weighted by molar-refractivity contribution is 0.511. The van der Waals surface area contributed by atoms with E-state index in [2.05, 4.69) is 37.3 Å². The Morgan fingerprint density at radius 1 is 0.926 bits per heavy atom. The van der Waals surface area contributed by atoms with Gasteiger partial charge in [0.1, 0.15) is 0 Å². The number of hydrogen-bond acceptors (Lipinski definition) is 0. The first kappa shape index (κ1) is 17.9. The van der Waals surface area contributed by atoms with Crippen LogP contribution in [-0.2, 0) is 19.3 Å². The van der Waals surface area contributed by atoms with E-state index in [9.17, 15) is 8.78 Å². The summed E-state index contributed by atoms with van der Waals surface area (Å²) in [6, 6.07) is 19.5. The molecule has 27 heavy (non-hydrogen) atoms. The lowest BCUT2D eigenvalue weighted by Crippen LogP contribution is -2.13. The van der Waals surface area contributed by atoms with Crippen molar-refractivity contribution in [2.24, 2.45) is 0 Å². The number of fused-ring (bicyclic) bond motifs is 1. The van der Waals surface area contributed by atoms with E-state index in [1.165, 1.54) is 28.7 Å². The van der Waals surface area contributed by atoms with Crippen LogP contribution < -0.4 is 0 Å². The zero-order chi connectivity index (χ0) is 18.8. The number of aryl methyl sites for hydroxylation is 2. The van der Waals surface area contributed by atoms with Crippen LogP contribution in [0.5, 0.6) is 0 Å². The molecule has 0 radical (unpaired) electrons. The molecule has 3 aromatic rings. The van der Waals surface area contributed by atoms with Crippen LogP contribution in [0, 0.1) is 11.6 Å². The monoisotopic (exact) mass is 362 g/mol. The van der Waals surface area contributed by atoms with E-state index < -0.39 is 11.6 Å². The summed E-state index contributed by atoms with van der Waals surface area (Å²) < 4.78 is 27.7. The van der Waals surface area contributed by atoms with Gasteiger partial charge in [0.05, 0.1) is 0 Å². The molecule has 1 unspecified atom stereocenters. The molecular weight excluding hydrogens is 338 g/mol. The van der Waals surface area contributed by atoms with Crippen molar-refractivity contribution in [3.8, 4) is 11.1 Å². The largest absolute Gasteiger partial charge is 0.204 e. The predicted octanol–water partition coefficient (Wildman–Crippen LogP) is 6.86. The van der Waals surface area contributed by atoms with E-state index in [0.717, 1.165) is 37.3 Å². The maximum absolute atomic E-state index is 14.1. The first-order valence-corrected chi connectivity index (χ1v) is 9.80. The smallest absolute Gasteiger partial charge is 0.166 e. The third kappa shape index (κ3) is 3.66. The van der Waals surface area contributed by atoms with E-state index in [-0.39, 0.29) is 0 Å². The molecule has 1 aliphatic rings. The maximum atomic E-state index is 14.1. The van der Waals surface area contributed by atoms with Gasteiger partial charge in [-0.3, -0.25) is 0 Å². The Hall–Kier alpha value is -2.48. The molecule has 0 heterocycles. The van der Waals surface area contributed by atoms with Gasteiger partial charge < -0.3 is 0 Å². The molecule has 0 saturated carbocycles. The molecule has 0 fully saturated rings. The summed E-state index contributed by atoms with van der Waals surface area (Å²) in [4.78, 5) is 0. The minimum Gasteiger partial charge on any atom is -0.204 e. The van der Waals surface area contributed by atoms with Crippen molar-refractivity contribution in [1.82, 2.24) is 0 Å². The van der Waals surface area contributed by atoms with Crippen LogP contribution in [0.15, 0.2) is 60.7 Å². The Kier molecular flexibility index (Phi) is 5.07. The fraction of sp³-hybridized carbons (Fsp3) is 0.280. The highest BCUT2D eigenvalue weighted by atomic mass is 19.2. The molecule has 0 N–H and O–H groups in total. The molecule has 0 amide bonds. The highest BCUT2D eigenvalue weighted by Crippen LogP contribution is 2.35. The van der Waals surface area contributed by atoms with Crippen molar-refractivity contribution in [1.29, 1.82) is 0 Å². The molecule has 1 atom stereocenters. The van der Waals surface area contributed by atoms with Gasteiger partial charge in [0.15, 0.2) is 11.6 Å². The van der Waals surface area contributed by atoms with Gasteiger partial charge in [0.25, 0.3) is 0 Å². The third-order valence-electron chi connectivity index (χ3n) is 5.69. The Labute approximate surface area is 159 Å². The van der Waals surface area contributed by atoms with Crippen LogP contribution >= 0.6 is 0 Å². The van der Waals surface area contributed by atoms with Crippen molar-refractivity contribution in [3.05, 3.63) is 94.6 Å². The molecule has 4 rings (SSSR count). The molecule has 0 nitrogen and oxygen atoms in total. The SMILES string of the molecule is CCCc1ccc(C2CCc3cc(-c4cccc(F)c4F)ccc3C2)cc1. The van der Waals surface area contributed by atoms with Crippen LogP contribution in [0.3, 0.4) is 0 Å². The van der Waals surface area contributed by atoms with E-state index in [0.29, 0.717) is 11.5 Å². The summed E-state index contributed by atoms with van der Waals surface area (Å²) in [6.07, 6.45) is 5.38. The number of hydrogen-bond donors (Lipinski definition) is 0. The van der Waals surface area contributed by atoms with Crippen molar-refractivity contribution >= 4 is 0 Å². The van der Waals surface area contributed by atoms with Crippen LogP contribution in [0.1, 0.15) is 47.9 Å². The number of benzene rings is 3. The Bertz CT molecular complexity index is 941. The first-order valence-electron chi connectivity index (χ1n) is 9.80. The van der Waals surface area contributed by atoms with Gasteiger partial charge in [-0.25, -0.2) is 8.78 Å². The average Bonchev–Trinajstić information content (AvgIpc) is 2.70. The van der Waals surface area contributed by atoms with Crippen LogP contribution in [0.25, 0.3) is 11.1 Å². The van der Waals surface area contributed by atoms with Gasteiger partial charge >= 0.3 is 0 Å². The van der Waals surface area contributed by atoms with Crippen LogP contribution in [0.2, 0.25) is 0 Å². The molecule has 138 valence electrons. The molecule has 0 bridgehead atoms. The summed E-state index contributed by atoms with van der Waals surface area (Å²) >= 11 is 0. The lowest BCUT2D eigenvalue weighted by atomic mass is 9.79. The second-order valence-corrected chi connectivity index (χ2v) is 7.52. The highest BCUT2D eigenvalue weighted by Gasteiger charge is 2.21. The standard InChI is InChI=1S/C25H24F2/c1-2-4-17-7-9-18(10-8-17)19-11-12-21-16-22(14-13-20(21)15-19)23-5-3-6-24(26)25(23)27/h3,5-10,13-14,16,19H,2,4,11-12,15H2,1H3. The molecule has 2 heteroatoms. The van der Waals surface area contributed by atoms with E-state index in [1.54, 1.807) is 12.1 Å². The minimum atomic E-state index is -0.795. The molecule has 0 saturated heterocycles. The zero-order valence-electron chi connectivity index (χ0n) is 15.6. The Morgan fingerprint density at radius 3 is 2.52 bits per heavy atom.